The average Bonchev–Trinajstić information content (AvgIpc) is 2.62. The highest BCUT2D eigenvalue weighted by Crippen LogP contribution is 2.04. The van der Waals surface area contributed by atoms with Crippen LogP contribution in [0, 0.1) is 5.92 Å². The van der Waals surface area contributed by atoms with E-state index in [-0.39, 0.29) is 18.8 Å². The highest BCUT2D eigenvalue weighted by Gasteiger charge is 2.30. The molecular weight excluding hydrogens is 400 g/mol. The molecule has 170 valence electrons. The molecule has 4 atom stereocenters. The largest absolute Gasteiger partial charge is 0.480 e. The molecule has 0 rings (SSSR count). The summed E-state index contributed by atoms with van der Waals surface area (Å²) in [5, 5.41) is 15.6. The topological polar surface area (TPSA) is 237 Å². The zero-order chi connectivity index (χ0) is 23.6. The van der Waals surface area contributed by atoms with Crippen LogP contribution in [-0.4, -0.2) is 64.8 Å². The summed E-state index contributed by atoms with van der Waals surface area (Å²) in [6.45, 7) is 4.58. The second-order valence-electron chi connectivity index (χ2n) is 7.14. The van der Waals surface area contributed by atoms with Crippen molar-refractivity contribution >= 4 is 35.5 Å². The summed E-state index contributed by atoms with van der Waals surface area (Å²) in [4.78, 5) is 70.4. The van der Waals surface area contributed by atoms with Gasteiger partial charge in [0.05, 0.1) is 12.5 Å². The number of carbonyl (C=O) groups excluding carboxylic acids is 5. The number of amides is 5. The normalized spacial score (nSPS) is 14.7. The minimum atomic E-state index is -1.50. The first kappa shape index (κ1) is 26.8. The number of aliphatic carboxylic acids is 1. The van der Waals surface area contributed by atoms with Gasteiger partial charge in [-0.2, -0.15) is 0 Å². The summed E-state index contributed by atoms with van der Waals surface area (Å²) in [6, 6.07) is -5.01. The van der Waals surface area contributed by atoms with Crippen molar-refractivity contribution in [3.05, 3.63) is 0 Å². The number of rotatable bonds is 13. The minimum absolute atomic E-state index is 0.186. The number of nitrogens with one attached hydrogen (secondary N) is 3. The molecule has 10 N–H and O–H groups in total. The van der Waals surface area contributed by atoms with Gasteiger partial charge in [0.15, 0.2) is 0 Å². The summed E-state index contributed by atoms with van der Waals surface area (Å²) >= 11 is 0. The summed E-state index contributed by atoms with van der Waals surface area (Å²) in [6.07, 6.45) is -1.06. The first-order valence-corrected chi connectivity index (χ1v) is 9.22. The maximum absolute atomic E-state index is 12.6. The second kappa shape index (κ2) is 12.4. The van der Waals surface area contributed by atoms with Gasteiger partial charge in [0, 0.05) is 6.42 Å². The average molecular weight is 430 g/mol. The molecule has 4 unspecified atom stereocenters. The predicted octanol–water partition coefficient (Wildman–Crippen LogP) is -3.33. The molecule has 0 bridgehead atoms. The Balaban J connectivity index is 5.44. The number of primary amides is 2. The van der Waals surface area contributed by atoms with Crippen molar-refractivity contribution in [1.82, 2.24) is 16.0 Å². The van der Waals surface area contributed by atoms with Crippen molar-refractivity contribution in [2.45, 2.75) is 64.2 Å². The lowest BCUT2D eigenvalue weighted by Crippen LogP contribution is -2.58. The zero-order valence-electron chi connectivity index (χ0n) is 17.1. The van der Waals surface area contributed by atoms with Crippen LogP contribution in [0.5, 0.6) is 0 Å². The third kappa shape index (κ3) is 9.82. The molecule has 13 heteroatoms. The fraction of sp³-hybridized carbons (Fsp3) is 0.647. The monoisotopic (exact) mass is 430 g/mol. The number of hydrogen-bond acceptors (Lipinski definition) is 7. The molecule has 0 aromatic heterocycles. The Hall–Kier alpha value is -3.22. The van der Waals surface area contributed by atoms with Crippen LogP contribution in [0.4, 0.5) is 0 Å². The van der Waals surface area contributed by atoms with E-state index in [1.165, 1.54) is 6.92 Å². The van der Waals surface area contributed by atoms with E-state index in [4.69, 9.17) is 22.3 Å². The lowest BCUT2D eigenvalue weighted by molar-refractivity contribution is -0.142. The first-order chi connectivity index (χ1) is 13.8. The van der Waals surface area contributed by atoms with Gasteiger partial charge in [-0.3, -0.25) is 28.8 Å². The van der Waals surface area contributed by atoms with E-state index in [1.54, 1.807) is 13.8 Å². The molecular formula is C17H30N6O7. The molecule has 0 heterocycles. The SMILES string of the molecule is CC(NC(=O)C(CC(N)=O)NC(=O)C(CCC(N)=O)NC(=O)C(N)C(C)C)C(=O)O. The van der Waals surface area contributed by atoms with E-state index >= 15 is 0 Å². The predicted molar refractivity (Wildman–Crippen MR) is 104 cm³/mol. The van der Waals surface area contributed by atoms with E-state index in [2.05, 4.69) is 16.0 Å². The van der Waals surface area contributed by atoms with Gasteiger partial charge in [-0.1, -0.05) is 13.8 Å². The molecule has 0 radical (unpaired) electrons. The Morgan fingerprint density at radius 2 is 1.30 bits per heavy atom. The molecule has 30 heavy (non-hydrogen) atoms. The van der Waals surface area contributed by atoms with Crippen LogP contribution >= 0.6 is 0 Å². The van der Waals surface area contributed by atoms with Crippen LogP contribution in [0.2, 0.25) is 0 Å². The van der Waals surface area contributed by atoms with Gasteiger partial charge in [0.2, 0.25) is 29.5 Å². The molecule has 0 aliphatic carbocycles. The van der Waals surface area contributed by atoms with Crippen molar-refractivity contribution in [3.8, 4) is 0 Å². The van der Waals surface area contributed by atoms with Crippen molar-refractivity contribution in [2.24, 2.45) is 23.1 Å². The van der Waals surface area contributed by atoms with Crippen LogP contribution in [0.15, 0.2) is 0 Å². The summed E-state index contributed by atoms with van der Waals surface area (Å²) in [5.41, 5.74) is 15.9. The number of carboxylic acids is 1. The van der Waals surface area contributed by atoms with Crippen molar-refractivity contribution < 1.29 is 33.9 Å². The maximum Gasteiger partial charge on any atom is 0.325 e. The Morgan fingerprint density at radius 3 is 1.73 bits per heavy atom. The number of nitrogens with two attached hydrogens (primary N) is 3. The maximum atomic E-state index is 12.6. The van der Waals surface area contributed by atoms with Crippen LogP contribution < -0.4 is 33.2 Å². The summed E-state index contributed by atoms with van der Waals surface area (Å²) in [7, 11) is 0. The van der Waals surface area contributed by atoms with E-state index in [0.29, 0.717) is 0 Å². The smallest absolute Gasteiger partial charge is 0.325 e. The highest BCUT2D eigenvalue weighted by atomic mass is 16.4. The van der Waals surface area contributed by atoms with Crippen molar-refractivity contribution in [3.63, 3.8) is 0 Å². The summed E-state index contributed by atoms with van der Waals surface area (Å²) in [5.74, 6) is -5.75. The zero-order valence-corrected chi connectivity index (χ0v) is 17.1. The van der Waals surface area contributed by atoms with Gasteiger partial charge < -0.3 is 38.3 Å². The Bertz CT molecular complexity index is 682. The molecule has 0 fully saturated rings. The van der Waals surface area contributed by atoms with Crippen molar-refractivity contribution in [1.29, 1.82) is 0 Å². The highest BCUT2D eigenvalue weighted by molar-refractivity contribution is 5.96. The van der Waals surface area contributed by atoms with Crippen LogP contribution in [0.25, 0.3) is 0 Å². The van der Waals surface area contributed by atoms with Crippen molar-refractivity contribution in [2.75, 3.05) is 0 Å². The molecule has 0 aromatic carbocycles. The van der Waals surface area contributed by atoms with E-state index in [9.17, 15) is 28.8 Å². The Labute approximate surface area is 173 Å². The van der Waals surface area contributed by atoms with Crippen LogP contribution in [0.1, 0.15) is 40.0 Å². The van der Waals surface area contributed by atoms with E-state index < -0.39 is 66.1 Å². The Morgan fingerprint density at radius 1 is 0.800 bits per heavy atom. The third-order valence-corrected chi connectivity index (χ3v) is 4.10. The van der Waals surface area contributed by atoms with Gasteiger partial charge in [-0.15, -0.1) is 0 Å². The lowest BCUT2D eigenvalue weighted by atomic mass is 10.0. The molecule has 13 nitrogen and oxygen atoms in total. The number of carbonyl (C=O) groups is 6. The fourth-order valence-corrected chi connectivity index (χ4v) is 2.18. The molecule has 0 aliphatic rings. The lowest BCUT2D eigenvalue weighted by Gasteiger charge is -2.24. The molecule has 0 aliphatic heterocycles. The third-order valence-electron chi connectivity index (χ3n) is 4.10. The van der Waals surface area contributed by atoms with Gasteiger partial charge in [-0.25, -0.2) is 0 Å². The first-order valence-electron chi connectivity index (χ1n) is 9.22. The van der Waals surface area contributed by atoms with Gasteiger partial charge >= 0.3 is 5.97 Å². The minimum Gasteiger partial charge on any atom is -0.480 e. The van der Waals surface area contributed by atoms with E-state index in [1.807, 2.05) is 0 Å². The van der Waals surface area contributed by atoms with E-state index in [0.717, 1.165) is 0 Å². The van der Waals surface area contributed by atoms with Gasteiger partial charge in [0.1, 0.15) is 18.1 Å². The van der Waals surface area contributed by atoms with Gasteiger partial charge in [0.25, 0.3) is 0 Å². The summed E-state index contributed by atoms with van der Waals surface area (Å²) < 4.78 is 0. The molecule has 0 saturated carbocycles. The molecule has 0 aromatic rings. The van der Waals surface area contributed by atoms with Crippen LogP contribution in [-0.2, 0) is 28.8 Å². The Kier molecular flexibility index (Phi) is 11.0. The van der Waals surface area contributed by atoms with Gasteiger partial charge in [-0.05, 0) is 19.3 Å². The molecule has 0 spiro atoms. The van der Waals surface area contributed by atoms with Crippen LogP contribution in [0.3, 0.4) is 0 Å². The molecule has 5 amide bonds. The standard InChI is InChI=1S/C17H30N6O7/c1-7(2)13(20)16(28)22-9(4-5-11(18)24)14(26)23-10(6-12(19)25)15(27)21-8(3)17(29)30/h7-10,13H,4-6,20H2,1-3H3,(H2,18,24)(H2,19,25)(H,21,27)(H,22,28)(H,23,26)(H,29,30). The quantitative estimate of drug-likeness (QED) is 0.155. The molecule has 0 saturated heterocycles. The second-order valence-corrected chi connectivity index (χ2v) is 7.14. The number of carboxylic acid groups (broad SMARTS) is 1. The number of hydrogen-bond donors (Lipinski definition) is 7. The fourth-order valence-electron chi connectivity index (χ4n) is 2.18.